The van der Waals surface area contributed by atoms with E-state index in [1.807, 2.05) is 6.92 Å². The van der Waals surface area contributed by atoms with Crippen LogP contribution in [0.4, 0.5) is 0 Å². The first-order valence-corrected chi connectivity index (χ1v) is 7.86. The molecule has 1 fully saturated rings. The molecule has 2 N–H and O–H groups in total. The van der Waals surface area contributed by atoms with Gasteiger partial charge in [-0.25, -0.2) is 8.42 Å². The Hall–Kier alpha value is -0.620. The van der Waals surface area contributed by atoms with Gasteiger partial charge < -0.3 is 5.32 Å². The molecule has 0 unspecified atom stereocenters. The average Bonchev–Trinajstić information content (AvgIpc) is 2.29. The zero-order valence-corrected chi connectivity index (χ0v) is 11.4. The molecular weight excluding hydrogens is 240 g/mol. The van der Waals surface area contributed by atoms with Gasteiger partial charge in [-0.15, -0.1) is 0 Å². The van der Waals surface area contributed by atoms with Gasteiger partial charge in [0.05, 0.1) is 11.2 Å². The standard InChI is InChI=1S/C11H22N2O3S/c1-3-9-17(15,16)13-10(14)11(4-2)5-7-12-8-6-11/h12H,3-9H2,1-2H3,(H,13,14). The quantitative estimate of drug-likeness (QED) is 0.761. The molecule has 1 aliphatic heterocycles. The summed E-state index contributed by atoms with van der Waals surface area (Å²) >= 11 is 0. The number of piperidine rings is 1. The van der Waals surface area contributed by atoms with Crippen molar-refractivity contribution < 1.29 is 13.2 Å². The number of carbonyl (C=O) groups is 1. The van der Waals surface area contributed by atoms with E-state index in [0.29, 0.717) is 25.7 Å². The zero-order valence-electron chi connectivity index (χ0n) is 10.6. The van der Waals surface area contributed by atoms with Gasteiger partial charge in [-0.05, 0) is 38.8 Å². The summed E-state index contributed by atoms with van der Waals surface area (Å²) < 4.78 is 25.4. The normalized spacial score (nSPS) is 19.9. The molecule has 0 atom stereocenters. The monoisotopic (exact) mass is 262 g/mol. The van der Waals surface area contributed by atoms with Crippen molar-refractivity contribution in [1.82, 2.24) is 10.0 Å². The van der Waals surface area contributed by atoms with E-state index in [2.05, 4.69) is 10.0 Å². The summed E-state index contributed by atoms with van der Waals surface area (Å²) in [6.45, 7) is 5.27. The molecule has 0 aromatic heterocycles. The van der Waals surface area contributed by atoms with Gasteiger partial charge in [0.15, 0.2) is 0 Å². The summed E-state index contributed by atoms with van der Waals surface area (Å²) in [5, 5.41) is 3.19. The second-order valence-corrected chi connectivity index (χ2v) is 6.48. The second-order valence-electron chi connectivity index (χ2n) is 4.63. The largest absolute Gasteiger partial charge is 0.317 e. The molecule has 0 aliphatic carbocycles. The lowest BCUT2D eigenvalue weighted by atomic mass is 9.76. The molecular formula is C11H22N2O3S. The number of rotatable bonds is 5. The molecule has 0 spiro atoms. The van der Waals surface area contributed by atoms with E-state index in [1.165, 1.54) is 0 Å². The summed E-state index contributed by atoms with van der Waals surface area (Å²) in [5.41, 5.74) is -0.508. The van der Waals surface area contributed by atoms with Crippen molar-refractivity contribution in [3.8, 4) is 0 Å². The van der Waals surface area contributed by atoms with Crippen LogP contribution < -0.4 is 10.0 Å². The maximum atomic E-state index is 12.1. The highest BCUT2D eigenvalue weighted by Crippen LogP contribution is 2.32. The third-order valence-corrected chi connectivity index (χ3v) is 4.88. The summed E-state index contributed by atoms with van der Waals surface area (Å²) in [5.74, 6) is -0.313. The van der Waals surface area contributed by atoms with Crippen LogP contribution in [0.25, 0.3) is 0 Å². The van der Waals surface area contributed by atoms with Crippen LogP contribution in [0.2, 0.25) is 0 Å². The van der Waals surface area contributed by atoms with E-state index in [1.54, 1.807) is 6.92 Å². The third-order valence-electron chi connectivity index (χ3n) is 3.44. The number of nitrogens with one attached hydrogen (secondary N) is 2. The van der Waals surface area contributed by atoms with E-state index in [4.69, 9.17) is 0 Å². The van der Waals surface area contributed by atoms with Crippen molar-refractivity contribution in [2.45, 2.75) is 39.5 Å². The van der Waals surface area contributed by atoms with E-state index in [0.717, 1.165) is 13.1 Å². The summed E-state index contributed by atoms with van der Waals surface area (Å²) in [6, 6.07) is 0. The Kier molecular flexibility index (Phi) is 4.94. The Bertz CT molecular complexity index is 359. The summed E-state index contributed by atoms with van der Waals surface area (Å²) in [7, 11) is -3.45. The molecule has 0 saturated carbocycles. The van der Waals surface area contributed by atoms with Crippen molar-refractivity contribution in [2.24, 2.45) is 5.41 Å². The lowest BCUT2D eigenvalue weighted by molar-refractivity contribution is -0.130. The molecule has 1 heterocycles. The highest BCUT2D eigenvalue weighted by Gasteiger charge is 2.39. The predicted molar refractivity (Wildman–Crippen MR) is 67.0 cm³/mol. The number of hydrogen-bond acceptors (Lipinski definition) is 4. The number of carbonyl (C=O) groups excluding carboxylic acids is 1. The third kappa shape index (κ3) is 3.67. The number of sulfonamides is 1. The smallest absolute Gasteiger partial charge is 0.239 e. The number of amides is 1. The van der Waals surface area contributed by atoms with Crippen LogP contribution in [-0.2, 0) is 14.8 Å². The minimum absolute atomic E-state index is 0.0107. The second kappa shape index (κ2) is 5.82. The van der Waals surface area contributed by atoms with Crippen LogP contribution >= 0.6 is 0 Å². The van der Waals surface area contributed by atoms with Crippen LogP contribution in [-0.4, -0.2) is 33.2 Å². The Balaban J connectivity index is 2.73. The lowest BCUT2D eigenvalue weighted by Gasteiger charge is -2.35. The maximum Gasteiger partial charge on any atom is 0.239 e. The average molecular weight is 262 g/mol. The van der Waals surface area contributed by atoms with Crippen molar-refractivity contribution >= 4 is 15.9 Å². The molecule has 100 valence electrons. The van der Waals surface area contributed by atoms with E-state index >= 15 is 0 Å². The van der Waals surface area contributed by atoms with Gasteiger partial charge in [0, 0.05) is 0 Å². The van der Waals surface area contributed by atoms with Gasteiger partial charge in [0.1, 0.15) is 0 Å². The topological polar surface area (TPSA) is 75.3 Å². The molecule has 17 heavy (non-hydrogen) atoms. The fourth-order valence-corrected chi connectivity index (χ4v) is 3.35. The van der Waals surface area contributed by atoms with Crippen molar-refractivity contribution in [2.75, 3.05) is 18.8 Å². The molecule has 1 aliphatic rings. The van der Waals surface area contributed by atoms with Gasteiger partial charge in [-0.1, -0.05) is 13.8 Å². The number of hydrogen-bond donors (Lipinski definition) is 2. The van der Waals surface area contributed by atoms with Crippen molar-refractivity contribution in [3.05, 3.63) is 0 Å². The van der Waals surface area contributed by atoms with Crippen molar-refractivity contribution in [1.29, 1.82) is 0 Å². The van der Waals surface area contributed by atoms with E-state index in [9.17, 15) is 13.2 Å². The minimum Gasteiger partial charge on any atom is -0.317 e. The van der Waals surface area contributed by atoms with Crippen LogP contribution in [0.15, 0.2) is 0 Å². The molecule has 0 aromatic carbocycles. The Morgan fingerprint density at radius 2 is 1.88 bits per heavy atom. The molecule has 0 radical (unpaired) electrons. The van der Waals surface area contributed by atoms with Crippen LogP contribution in [0.1, 0.15) is 39.5 Å². The van der Waals surface area contributed by atoms with Crippen LogP contribution in [0.5, 0.6) is 0 Å². The SMILES string of the molecule is CCCS(=O)(=O)NC(=O)C1(CC)CCNCC1. The van der Waals surface area contributed by atoms with Gasteiger partial charge in [0.2, 0.25) is 15.9 Å². The molecule has 1 rings (SSSR count). The highest BCUT2D eigenvalue weighted by atomic mass is 32.2. The highest BCUT2D eigenvalue weighted by molar-refractivity contribution is 7.90. The van der Waals surface area contributed by atoms with Crippen LogP contribution in [0, 0.1) is 5.41 Å². The van der Waals surface area contributed by atoms with Gasteiger partial charge in [0.25, 0.3) is 0 Å². The lowest BCUT2D eigenvalue weighted by Crippen LogP contribution is -2.49. The molecule has 0 aromatic rings. The molecule has 5 nitrogen and oxygen atoms in total. The minimum atomic E-state index is -3.45. The van der Waals surface area contributed by atoms with Gasteiger partial charge >= 0.3 is 0 Å². The van der Waals surface area contributed by atoms with E-state index < -0.39 is 15.4 Å². The Morgan fingerprint density at radius 3 is 2.35 bits per heavy atom. The molecule has 0 bridgehead atoms. The van der Waals surface area contributed by atoms with Crippen LogP contribution in [0.3, 0.4) is 0 Å². The first kappa shape index (κ1) is 14.4. The Labute approximate surface area is 103 Å². The fourth-order valence-electron chi connectivity index (χ4n) is 2.22. The van der Waals surface area contributed by atoms with E-state index in [-0.39, 0.29) is 11.7 Å². The van der Waals surface area contributed by atoms with Crippen molar-refractivity contribution in [3.63, 3.8) is 0 Å². The maximum absolute atomic E-state index is 12.1. The molecule has 1 saturated heterocycles. The molecule has 6 heteroatoms. The zero-order chi connectivity index (χ0) is 12.9. The fraction of sp³-hybridized carbons (Fsp3) is 0.909. The first-order valence-electron chi connectivity index (χ1n) is 6.21. The van der Waals surface area contributed by atoms with Gasteiger partial charge in [-0.2, -0.15) is 0 Å². The first-order chi connectivity index (χ1) is 7.96. The summed E-state index contributed by atoms with van der Waals surface area (Å²) in [4.78, 5) is 12.1. The molecule has 1 amide bonds. The Morgan fingerprint density at radius 1 is 1.29 bits per heavy atom. The predicted octanol–water partition coefficient (Wildman–Crippen LogP) is 0.622. The summed E-state index contributed by atoms with van der Waals surface area (Å²) in [6.07, 6.45) is 2.61. The van der Waals surface area contributed by atoms with Gasteiger partial charge in [-0.3, -0.25) is 9.52 Å².